The summed E-state index contributed by atoms with van der Waals surface area (Å²) >= 11 is 0. The van der Waals surface area contributed by atoms with Crippen molar-refractivity contribution in [2.24, 2.45) is 0 Å². The zero-order chi connectivity index (χ0) is 16.9. The summed E-state index contributed by atoms with van der Waals surface area (Å²) in [5, 5.41) is 22.8. The van der Waals surface area contributed by atoms with Gasteiger partial charge in [0.25, 0.3) is 0 Å². The highest BCUT2D eigenvalue weighted by Gasteiger charge is 2.26. The molecule has 0 unspecified atom stereocenters. The summed E-state index contributed by atoms with van der Waals surface area (Å²) in [6.45, 7) is 0. The molecule has 0 radical (unpaired) electrons. The normalized spacial score (nSPS) is 12.1. The maximum atomic E-state index is 12.2. The molecule has 0 saturated carbocycles. The molecule has 3 N–H and O–H groups in total. The van der Waals surface area contributed by atoms with Crippen LogP contribution in [-0.4, -0.2) is 29.0 Å². The Morgan fingerprint density at radius 3 is 2.54 bits per heavy atom. The van der Waals surface area contributed by atoms with Crippen LogP contribution in [0.15, 0.2) is 65.3 Å². The first-order valence-corrected chi connectivity index (χ1v) is 7.78. The second-order valence-corrected chi connectivity index (χ2v) is 5.71. The van der Waals surface area contributed by atoms with Crippen LogP contribution in [0, 0.1) is 0 Å². The van der Waals surface area contributed by atoms with E-state index < -0.39 is 13.1 Å². The number of carbonyl (C=O) groups excluding carboxylic acids is 1. The van der Waals surface area contributed by atoms with Crippen molar-refractivity contribution in [2.45, 2.75) is 18.8 Å². The minimum atomic E-state index is -1.65. The lowest BCUT2D eigenvalue weighted by Gasteiger charge is -2.17. The van der Waals surface area contributed by atoms with Crippen molar-refractivity contribution in [3.63, 3.8) is 0 Å². The number of fused-ring (bicyclic) bond motifs is 1. The Morgan fingerprint density at radius 1 is 1.08 bits per heavy atom. The first-order valence-electron chi connectivity index (χ1n) is 7.78. The van der Waals surface area contributed by atoms with Crippen LogP contribution >= 0.6 is 0 Å². The molecule has 122 valence electrons. The molecule has 1 amide bonds. The first kappa shape index (κ1) is 16.3. The Balaban J connectivity index is 1.70. The minimum absolute atomic E-state index is 0.191. The van der Waals surface area contributed by atoms with Crippen molar-refractivity contribution in [2.75, 3.05) is 0 Å². The fourth-order valence-corrected chi connectivity index (χ4v) is 2.70. The Labute approximate surface area is 140 Å². The predicted molar refractivity (Wildman–Crippen MR) is 92.2 cm³/mol. The van der Waals surface area contributed by atoms with Crippen LogP contribution in [0.5, 0.6) is 0 Å². The summed E-state index contributed by atoms with van der Waals surface area (Å²) < 4.78 is 5.45. The van der Waals surface area contributed by atoms with Gasteiger partial charge in [-0.2, -0.15) is 0 Å². The van der Waals surface area contributed by atoms with Gasteiger partial charge in [-0.15, -0.1) is 0 Å². The summed E-state index contributed by atoms with van der Waals surface area (Å²) in [6, 6.07) is 16.8. The third-order valence-corrected chi connectivity index (χ3v) is 3.91. The van der Waals surface area contributed by atoms with Crippen LogP contribution in [-0.2, 0) is 17.6 Å². The van der Waals surface area contributed by atoms with Gasteiger partial charge in [0.1, 0.15) is 5.58 Å². The van der Waals surface area contributed by atoms with Crippen molar-refractivity contribution < 1.29 is 19.3 Å². The van der Waals surface area contributed by atoms with E-state index in [1.54, 1.807) is 6.26 Å². The predicted octanol–water partition coefficient (Wildman–Crippen LogP) is 1.71. The van der Waals surface area contributed by atoms with Crippen molar-refractivity contribution in [1.29, 1.82) is 0 Å². The van der Waals surface area contributed by atoms with Gasteiger partial charge in [-0.05, 0) is 23.6 Å². The molecule has 6 heteroatoms. The molecule has 0 fully saturated rings. The second kappa shape index (κ2) is 7.34. The molecule has 0 aliphatic rings. The molecule has 0 aliphatic carbocycles. The van der Waals surface area contributed by atoms with Gasteiger partial charge in [-0.25, -0.2) is 0 Å². The van der Waals surface area contributed by atoms with Crippen LogP contribution < -0.4 is 5.32 Å². The van der Waals surface area contributed by atoms with Crippen LogP contribution in [0.25, 0.3) is 11.0 Å². The highest BCUT2D eigenvalue weighted by molar-refractivity contribution is 6.43. The van der Waals surface area contributed by atoms with Gasteiger partial charge in [0.05, 0.1) is 18.6 Å². The number of hydrogen-bond donors (Lipinski definition) is 3. The number of carbonyl (C=O) groups is 1. The summed E-state index contributed by atoms with van der Waals surface area (Å²) in [7, 11) is -1.65. The highest BCUT2D eigenvalue weighted by atomic mass is 16.4. The molecule has 3 aromatic rings. The number of nitrogens with one attached hydrogen (secondary N) is 1. The number of amides is 1. The van der Waals surface area contributed by atoms with Crippen molar-refractivity contribution in [1.82, 2.24) is 5.32 Å². The third-order valence-electron chi connectivity index (χ3n) is 3.91. The van der Waals surface area contributed by atoms with E-state index in [1.165, 1.54) is 0 Å². The van der Waals surface area contributed by atoms with Gasteiger partial charge in [-0.1, -0.05) is 48.5 Å². The minimum Gasteiger partial charge on any atom is -0.464 e. The van der Waals surface area contributed by atoms with Gasteiger partial charge >= 0.3 is 7.12 Å². The molecule has 0 aliphatic heterocycles. The summed E-state index contributed by atoms with van der Waals surface area (Å²) in [6.07, 6.45) is 2.05. The maximum Gasteiger partial charge on any atom is 0.475 e. The molecule has 1 atom stereocenters. The van der Waals surface area contributed by atoms with Crippen molar-refractivity contribution >= 4 is 24.0 Å². The van der Waals surface area contributed by atoms with Gasteiger partial charge in [0.15, 0.2) is 0 Å². The molecule has 2 aromatic carbocycles. The van der Waals surface area contributed by atoms with Crippen molar-refractivity contribution in [3.8, 4) is 0 Å². The lowest BCUT2D eigenvalue weighted by atomic mass is 9.75. The fourth-order valence-electron chi connectivity index (χ4n) is 2.70. The second-order valence-electron chi connectivity index (χ2n) is 5.71. The standard InChI is InChI=1S/C18H18BNO4/c21-18(10-13-6-2-1-3-7-13)20-17(19(22)23)11-14-12-24-16-9-5-4-8-15(14)16/h1-9,12,17,22-23H,10-11H2,(H,20,21)/t17-/m0/s1. The maximum absolute atomic E-state index is 12.2. The number of hydrogen-bond acceptors (Lipinski definition) is 4. The molecule has 0 bridgehead atoms. The van der Waals surface area contributed by atoms with E-state index in [0.717, 1.165) is 22.1 Å². The van der Waals surface area contributed by atoms with Crippen LogP contribution in [0.1, 0.15) is 11.1 Å². The summed E-state index contributed by atoms with van der Waals surface area (Å²) in [4.78, 5) is 12.2. The van der Waals surface area contributed by atoms with Gasteiger partial charge in [0.2, 0.25) is 5.91 Å². The van der Waals surface area contributed by atoms with E-state index >= 15 is 0 Å². The van der Waals surface area contributed by atoms with Crippen LogP contribution in [0.4, 0.5) is 0 Å². The largest absolute Gasteiger partial charge is 0.475 e. The van der Waals surface area contributed by atoms with E-state index in [0.29, 0.717) is 0 Å². The fraction of sp³-hybridized carbons (Fsp3) is 0.167. The lowest BCUT2D eigenvalue weighted by molar-refractivity contribution is -0.120. The molecule has 0 saturated heterocycles. The quantitative estimate of drug-likeness (QED) is 0.603. The summed E-state index contributed by atoms with van der Waals surface area (Å²) in [5.74, 6) is -1.06. The lowest BCUT2D eigenvalue weighted by Crippen LogP contribution is -2.48. The van der Waals surface area contributed by atoms with Gasteiger partial charge in [0, 0.05) is 5.39 Å². The molecule has 1 heterocycles. The average molecular weight is 323 g/mol. The Hall–Kier alpha value is -2.57. The SMILES string of the molecule is O=C(Cc1ccccc1)N[C@@H](Cc1coc2ccccc12)B(O)O. The van der Waals surface area contributed by atoms with Crippen LogP contribution in [0.3, 0.4) is 0 Å². The highest BCUT2D eigenvalue weighted by Crippen LogP contribution is 2.22. The smallest absolute Gasteiger partial charge is 0.464 e. The Morgan fingerprint density at radius 2 is 1.79 bits per heavy atom. The van der Waals surface area contributed by atoms with E-state index in [1.807, 2.05) is 54.6 Å². The molecular weight excluding hydrogens is 305 g/mol. The van der Waals surface area contributed by atoms with Gasteiger partial charge < -0.3 is 19.8 Å². The topological polar surface area (TPSA) is 82.7 Å². The number of rotatable bonds is 6. The van der Waals surface area contributed by atoms with E-state index in [4.69, 9.17) is 4.42 Å². The third kappa shape index (κ3) is 3.85. The van der Waals surface area contributed by atoms with Gasteiger partial charge in [-0.3, -0.25) is 4.79 Å². The number of furan rings is 1. The monoisotopic (exact) mass is 323 g/mol. The average Bonchev–Trinajstić information content (AvgIpc) is 2.98. The van der Waals surface area contributed by atoms with Crippen LogP contribution in [0.2, 0.25) is 0 Å². The zero-order valence-electron chi connectivity index (χ0n) is 13.1. The molecule has 1 aromatic heterocycles. The Bertz CT molecular complexity index is 816. The van der Waals surface area contributed by atoms with E-state index in [-0.39, 0.29) is 18.7 Å². The number of benzene rings is 2. The number of para-hydroxylation sites is 1. The molecule has 5 nitrogen and oxygen atoms in total. The Kier molecular flexibility index (Phi) is 4.98. The molecule has 0 spiro atoms. The molecular formula is C18H18BNO4. The van der Waals surface area contributed by atoms with E-state index in [2.05, 4.69) is 5.32 Å². The zero-order valence-corrected chi connectivity index (χ0v) is 13.1. The summed E-state index contributed by atoms with van der Waals surface area (Å²) in [5.41, 5.74) is 2.42. The van der Waals surface area contributed by atoms with E-state index in [9.17, 15) is 14.8 Å². The molecule has 3 rings (SSSR count). The first-order chi connectivity index (χ1) is 11.6. The molecule has 24 heavy (non-hydrogen) atoms. The van der Waals surface area contributed by atoms with Crippen molar-refractivity contribution in [3.05, 3.63) is 72.0 Å².